The molecule has 1 aromatic rings. The summed E-state index contributed by atoms with van der Waals surface area (Å²) in [6, 6.07) is 5.27. The molecular formula is C6H7NNaO7P. The molecule has 0 aliphatic carbocycles. The summed E-state index contributed by atoms with van der Waals surface area (Å²) >= 11 is 0. The van der Waals surface area contributed by atoms with Gasteiger partial charge in [0.1, 0.15) is 0 Å². The fourth-order valence-electron chi connectivity index (χ4n) is 0.608. The van der Waals surface area contributed by atoms with E-state index in [0.29, 0.717) is 0 Å². The van der Waals surface area contributed by atoms with Crippen LogP contribution in [0.1, 0.15) is 0 Å². The molecule has 0 aliphatic heterocycles. The molecular weight excluding hydrogens is 252 g/mol. The number of para-hydroxylation sites is 2. The van der Waals surface area contributed by atoms with Gasteiger partial charge in [0.05, 0.1) is 4.92 Å². The zero-order valence-corrected chi connectivity index (χ0v) is 11.1. The molecule has 8 nitrogen and oxygen atoms in total. The van der Waals surface area contributed by atoms with Crippen molar-refractivity contribution in [3.8, 4) is 5.75 Å². The predicted molar refractivity (Wildman–Crippen MR) is 46.8 cm³/mol. The van der Waals surface area contributed by atoms with E-state index in [2.05, 4.69) is 0 Å². The smallest absolute Gasteiger partial charge is 0.868 e. The molecule has 0 bridgehead atoms. The average molecular weight is 259 g/mol. The van der Waals surface area contributed by atoms with E-state index >= 15 is 0 Å². The summed E-state index contributed by atoms with van der Waals surface area (Å²) in [7, 11) is -4.64. The summed E-state index contributed by atoms with van der Waals surface area (Å²) < 4.78 is 8.88. The molecule has 0 radical (unpaired) electrons. The Kier molecular flexibility index (Phi) is 8.67. The van der Waals surface area contributed by atoms with Gasteiger partial charge >= 0.3 is 37.4 Å². The van der Waals surface area contributed by atoms with E-state index in [1.807, 2.05) is 0 Å². The number of nitro groups is 1. The Bertz CT molecular complexity index is 384. The molecule has 0 unspecified atom stereocenters. The number of phosphoric acid groups is 1. The first-order valence-corrected chi connectivity index (χ1v) is 4.97. The van der Waals surface area contributed by atoms with Gasteiger partial charge in [0.2, 0.25) is 0 Å². The SMILES string of the molecule is O=P(O)(O)O.O=[N+]([O-])c1ccccc1[O-].[Na+]. The van der Waals surface area contributed by atoms with Gasteiger partial charge in [-0.3, -0.25) is 10.1 Å². The summed E-state index contributed by atoms with van der Waals surface area (Å²) in [5.74, 6) is -0.549. The van der Waals surface area contributed by atoms with E-state index in [1.165, 1.54) is 18.2 Å². The number of hydrogen-bond donors (Lipinski definition) is 3. The quantitative estimate of drug-likeness (QED) is 0.208. The summed E-state index contributed by atoms with van der Waals surface area (Å²) in [6.07, 6.45) is 0. The van der Waals surface area contributed by atoms with Crippen LogP contribution in [-0.4, -0.2) is 19.6 Å². The van der Waals surface area contributed by atoms with Crippen LogP contribution >= 0.6 is 7.82 Å². The van der Waals surface area contributed by atoms with Crippen LogP contribution in [0.4, 0.5) is 5.69 Å². The number of nitro benzene ring substituents is 1. The van der Waals surface area contributed by atoms with Crippen molar-refractivity contribution in [1.82, 2.24) is 0 Å². The van der Waals surface area contributed by atoms with Crippen LogP contribution in [0.15, 0.2) is 24.3 Å². The van der Waals surface area contributed by atoms with Crippen molar-refractivity contribution in [2.45, 2.75) is 0 Å². The standard InChI is InChI=1S/C6H5NO3.Na.H3O4P/c8-6-4-2-1-3-5(6)7(9)10;;1-5(2,3)4/h1-4,8H;;(H3,1,2,3,4)/q;+1;/p-1. The molecule has 0 aromatic heterocycles. The summed E-state index contributed by atoms with van der Waals surface area (Å²) in [4.78, 5) is 30.9. The average Bonchev–Trinajstić information content (AvgIpc) is 2.01. The van der Waals surface area contributed by atoms with Crippen molar-refractivity contribution in [3.63, 3.8) is 0 Å². The number of benzene rings is 1. The third-order valence-electron chi connectivity index (χ3n) is 1.06. The molecule has 84 valence electrons. The molecule has 0 spiro atoms. The van der Waals surface area contributed by atoms with Crippen LogP contribution in [0.3, 0.4) is 0 Å². The predicted octanol–water partition coefficient (Wildman–Crippen LogP) is -3.26. The second-order valence-corrected chi connectivity index (χ2v) is 3.26. The first-order chi connectivity index (χ1) is 6.72. The molecule has 0 atom stereocenters. The molecule has 1 aromatic carbocycles. The van der Waals surface area contributed by atoms with E-state index in [9.17, 15) is 15.2 Å². The molecule has 0 aliphatic rings. The van der Waals surface area contributed by atoms with Crippen molar-refractivity contribution in [2.24, 2.45) is 0 Å². The van der Waals surface area contributed by atoms with Crippen LogP contribution < -0.4 is 34.7 Å². The van der Waals surface area contributed by atoms with Crippen molar-refractivity contribution < 1.29 is 58.8 Å². The van der Waals surface area contributed by atoms with Crippen LogP contribution in [0.2, 0.25) is 0 Å². The monoisotopic (exact) mass is 259 g/mol. The number of rotatable bonds is 1. The first-order valence-electron chi connectivity index (χ1n) is 3.40. The molecule has 3 N–H and O–H groups in total. The minimum absolute atomic E-state index is 0. The molecule has 1 rings (SSSR count). The van der Waals surface area contributed by atoms with Crippen molar-refractivity contribution >= 4 is 13.5 Å². The van der Waals surface area contributed by atoms with Crippen LogP contribution in [0.5, 0.6) is 5.75 Å². The summed E-state index contributed by atoms with van der Waals surface area (Å²) in [5, 5.41) is 20.6. The number of nitrogens with zero attached hydrogens (tertiary/aromatic N) is 1. The largest absolute Gasteiger partial charge is 1.00 e. The van der Waals surface area contributed by atoms with Crippen molar-refractivity contribution in [2.75, 3.05) is 0 Å². The fourth-order valence-corrected chi connectivity index (χ4v) is 0.608. The fraction of sp³-hybridized carbons (Fsp3) is 0. The van der Waals surface area contributed by atoms with Gasteiger partial charge in [-0.1, -0.05) is 18.2 Å². The normalized spacial score (nSPS) is 9.44. The second kappa shape index (κ2) is 7.75. The van der Waals surface area contributed by atoms with Crippen LogP contribution in [-0.2, 0) is 4.57 Å². The topological polar surface area (TPSA) is 144 Å². The van der Waals surface area contributed by atoms with Crippen molar-refractivity contribution in [3.05, 3.63) is 34.4 Å². The molecule has 10 heteroatoms. The van der Waals surface area contributed by atoms with Gasteiger partial charge in [-0.2, -0.15) is 0 Å². The molecule has 0 fully saturated rings. The Morgan fingerprint density at radius 1 is 1.19 bits per heavy atom. The Balaban J connectivity index is 0. The first kappa shape index (κ1) is 17.9. The Morgan fingerprint density at radius 3 is 1.81 bits per heavy atom. The van der Waals surface area contributed by atoms with E-state index < -0.39 is 18.5 Å². The van der Waals surface area contributed by atoms with Gasteiger partial charge < -0.3 is 19.8 Å². The van der Waals surface area contributed by atoms with Gasteiger partial charge in [0.15, 0.2) is 0 Å². The van der Waals surface area contributed by atoms with Gasteiger partial charge in [-0.15, -0.1) is 0 Å². The Hall–Kier alpha value is -0.470. The van der Waals surface area contributed by atoms with Crippen LogP contribution in [0.25, 0.3) is 0 Å². The number of hydrogen-bond acceptors (Lipinski definition) is 4. The van der Waals surface area contributed by atoms with E-state index in [0.717, 1.165) is 6.07 Å². The Morgan fingerprint density at radius 2 is 1.56 bits per heavy atom. The summed E-state index contributed by atoms with van der Waals surface area (Å²) in [5.41, 5.74) is -0.373. The maximum atomic E-state index is 10.6. The third kappa shape index (κ3) is 10.1. The molecule has 0 amide bonds. The van der Waals surface area contributed by atoms with E-state index in [-0.39, 0.29) is 35.2 Å². The minimum Gasteiger partial charge on any atom is -0.868 e. The van der Waals surface area contributed by atoms with E-state index in [1.54, 1.807) is 0 Å². The molecule has 16 heavy (non-hydrogen) atoms. The Labute approximate surface area is 112 Å². The van der Waals surface area contributed by atoms with E-state index in [4.69, 9.17) is 19.2 Å². The van der Waals surface area contributed by atoms with Gasteiger partial charge in [0, 0.05) is 6.07 Å². The van der Waals surface area contributed by atoms with Gasteiger partial charge in [0.25, 0.3) is 5.69 Å². The third-order valence-corrected chi connectivity index (χ3v) is 1.06. The zero-order valence-electron chi connectivity index (χ0n) is 8.18. The maximum absolute atomic E-state index is 10.6. The van der Waals surface area contributed by atoms with Crippen molar-refractivity contribution in [1.29, 1.82) is 0 Å². The molecule has 0 heterocycles. The summed E-state index contributed by atoms with van der Waals surface area (Å²) in [6.45, 7) is 0. The zero-order chi connectivity index (χ0) is 12.1. The maximum Gasteiger partial charge on any atom is 1.00 e. The van der Waals surface area contributed by atoms with Gasteiger partial charge in [-0.05, 0) is 5.75 Å². The minimum atomic E-state index is -4.64. The van der Waals surface area contributed by atoms with Gasteiger partial charge in [-0.25, -0.2) is 4.57 Å². The molecule has 0 saturated carbocycles. The second-order valence-electron chi connectivity index (χ2n) is 2.24. The van der Waals surface area contributed by atoms with Crippen LogP contribution in [0, 0.1) is 10.1 Å². The molecule has 0 saturated heterocycles.